The normalized spacial score (nSPS) is 11.1. The second-order valence-electron chi connectivity index (χ2n) is 12.1. The molecule has 0 bridgehead atoms. The standard InChI is InChI=1S/C39H52N4O4/c1-26-5-7-36(44-13-9-40)30(17-26)23-32-19-28(3)21-34(38(32)46-15-11-42)25-35-22-29(4)20-33(39(35)47-16-12-43)24-31-18-27(2)6-8-37(31)45-14-10-41/h5-8,17-22H,9-16,23-25,40-43H2,1-4H3. The molecule has 0 aliphatic rings. The average Bonchev–Trinajstić information content (AvgIpc) is 3.03. The SMILES string of the molecule is Cc1ccc(OCCN)c(Cc2cc(C)cc(Cc3cc(C)cc(Cc4cc(C)ccc4OCCN)c3OCCN)c2OCCN)c1. The highest BCUT2D eigenvalue weighted by atomic mass is 16.5. The van der Waals surface area contributed by atoms with Gasteiger partial charge in [-0.15, -0.1) is 0 Å². The zero-order chi connectivity index (χ0) is 33.8. The summed E-state index contributed by atoms with van der Waals surface area (Å²) >= 11 is 0. The Morgan fingerprint density at radius 2 is 0.681 bits per heavy atom. The van der Waals surface area contributed by atoms with Gasteiger partial charge in [0, 0.05) is 45.4 Å². The van der Waals surface area contributed by atoms with E-state index in [1.807, 2.05) is 12.1 Å². The first-order chi connectivity index (χ1) is 22.8. The van der Waals surface area contributed by atoms with E-state index in [-0.39, 0.29) is 0 Å². The Labute approximate surface area is 280 Å². The number of rotatable bonds is 18. The molecular weight excluding hydrogens is 588 g/mol. The van der Waals surface area contributed by atoms with Crippen molar-refractivity contribution in [3.8, 4) is 23.0 Å². The van der Waals surface area contributed by atoms with Crippen LogP contribution < -0.4 is 41.9 Å². The molecule has 0 radical (unpaired) electrons. The lowest BCUT2D eigenvalue weighted by Gasteiger charge is -2.21. The van der Waals surface area contributed by atoms with E-state index >= 15 is 0 Å². The number of benzene rings is 4. The largest absolute Gasteiger partial charge is 0.492 e. The lowest BCUT2D eigenvalue weighted by Crippen LogP contribution is -2.15. The molecule has 8 N–H and O–H groups in total. The molecule has 47 heavy (non-hydrogen) atoms. The van der Waals surface area contributed by atoms with Gasteiger partial charge in [-0.25, -0.2) is 0 Å². The molecule has 252 valence electrons. The third-order valence-electron chi connectivity index (χ3n) is 7.83. The molecule has 0 unspecified atom stereocenters. The Morgan fingerprint density at radius 3 is 1.02 bits per heavy atom. The summed E-state index contributed by atoms with van der Waals surface area (Å²) in [6.45, 7) is 11.9. The smallest absolute Gasteiger partial charge is 0.126 e. The van der Waals surface area contributed by atoms with E-state index in [9.17, 15) is 0 Å². The molecule has 4 rings (SSSR count). The van der Waals surface area contributed by atoms with E-state index in [1.54, 1.807) is 0 Å². The van der Waals surface area contributed by atoms with Gasteiger partial charge in [-0.3, -0.25) is 0 Å². The van der Waals surface area contributed by atoms with Crippen molar-refractivity contribution in [1.82, 2.24) is 0 Å². The number of ether oxygens (including phenoxy) is 4. The van der Waals surface area contributed by atoms with E-state index in [2.05, 4.69) is 76.2 Å². The molecule has 0 amide bonds. The van der Waals surface area contributed by atoms with Gasteiger partial charge in [0.15, 0.2) is 0 Å². The third kappa shape index (κ3) is 9.95. The highest BCUT2D eigenvalue weighted by molar-refractivity contribution is 5.55. The van der Waals surface area contributed by atoms with Crippen LogP contribution in [0.4, 0.5) is 0 Å². The molecule has 0 saturated carbocycles. The van der Waals surface area contributed by atoms with E-state index in [1.165, 1.54) is 0 Å². The van der Waals surface area contributed by atoms with Gasteiger partial charge in [0.05, 0.1) is 0 Å². The topological polar surface area (TPSA) is 141 Å². The maximum atomic E-state index is 6.44. The van der Waals surface area contributed by atoms with Crippen LogP contribution in [-0.4, -0.2) is 52.6 Å². The van der Waals surface area contributed by atoms with Crippen molar-refractivity contribution in [3.05, 3.63) is 116 Å². The fraction of sp³-hybridized carbons (Fsp3) is 0.385. The predicted octanol–water partition coefficient (Wildman–Crippen LogP) is 5.04. The van der Waals surface area contributed by atoms with Gasteiger partial charge >= 0.3 is 0 Å². The average molecular weight is 641 g/mol. The van der Waals surface area contributed by atoms with Crippen molar-refractivity contribution in [2.24, 2.45) is 22.9 Å². The first-order valence-electron chi connectivity index (χ1n) is 16.5. The summed E-state index contributed by atoms with van der Waals surface area (Å²) in [5.74, 6) is 3.36. The molecule has 8 heteroatoms. The molecule has 4 aromatic rings. The Morgan fingerprint density at radius 1 is 0.383 bits per heavy atom. The van der Waals surface area contributed by atoms with Crippen molar-refractivity contribution in [2.45, 2.75) is 47.0 Å². The van der Waals surface area contributed by atoms with Crippen LogP contribution in [0.25, 0.3) is 0 Å². The summed E-state index contributed by atoms with van der Waals surface area (Å²) < 4.78 is 24.9. The predicted molar refractivity (Wildman–Crippen MR) is 191 cm³/mol. The molecule has 0 saturated heterocycles. The first kappa shape index (κ1) is 35.8. The fourth-order valence-electron chi connectivity index (χ4n) is 6.00. The molecular formula is C39H52N4O4. The molecule has 0 fully saturated rings. The van der Waals surface area contributed by atoms with Crippen LogP contribution >= 0.6 is 0 Å². The molecule has 0 spiro atoms. The molecule has 0 aliphatic heterocycles. The van der Waals surface area contributed by atoms with Crippen LogP contribution in [0.15, 0.2) is 60.7 Å². The summed E-state index contributed by atoms with van der Waals surface area (Å²) in [5, 5.41) is 0. The molecule has 4 aromatic carbocycles. The molecule has 0 heterocycles. The van der Waals surface area contributed by atoms with Gasteiger partial charge in [-0.1, -0.05) is 70.8 Å². The molecule has 0 atom stereocenters. The lowest BCUT2D eigenvalue weighted by molar-refractivity contribution is 0.317. The van der Waals surface area contributed by atoms with Gasteiger partial charge in [0.25, 0.3) is 0 Å². The second kappa shape index (κ2) is 17.7. The van der Waals surface area contributed by atoms with Crippen molar-refractivity contribution >= 4 is 0 Å². The van der Waals surface area contributed by atoms with E-state index in [0.717, 1.165) is 78.6 Å². The molecule has 8 nitrogen and oxygen atoms in total. The van der Waals surface area contributed by atoms with Crippen LogP contribution in [0.3, 0.4) is 0 Å². The number of hydrogen-bond donors (Lipinski definition) is 4. The minimum atomic E-state index is 0.405. The van der Waals surface area contributed by atoms with Crippen molar-refractivity contribution in [2.75, 3.05) is 52.6 Å². The number of hydrogen-bond acceptors (Lipinski definition) is 8. The Kier molecular flexibility index (Phi) is 13.5. The van der Waals surface area contributed by atoms with Gasteiger partial charge in [0.1, 0.15) is 49.4 Å². The highest BCUT2D eigenvalue weighted by Crippen LogP contribution is 2.37. The quantitative estimate of drug-likeness (QED) is 0.119. The fourth-order valence-corrected chi connectivity index (χ4v) is 6.00. The number of aryl methyl sites for hydroxylation is 4. The third-order valence-corrected chi connectivity index (χ3v) is 7.83. The summed E-state index contributed by atoms with van der Waals surface area (Å²) in [5.41, 5.74) is 34.5. The number of nitrogens with two attached hydrogens (primary N) is 4. The first-order valence-corrected chi connectivity index (χ1v) is 16.5. The van der Waals surface area contributed by atoms with Gasteiger partial charge in [0.2, 0.25) is 0 Å². The molecule has 0 aliphatic carbocycles. The Balaban J connectivity index is 1.80. The monoisotopic (exact) mass is 640 g/mol. The summed E-state index contributed by atoms with van der Waals surface area (Å²) in [6.07, 6.45) is 1.90. The van der Waals surface area contributed by atoms with Crippen LogP contribution in [0.1, 0.15) is 55.6 Å². The van der Waals surface area contributed by atoms with E-state index < -0.39 is 0 Å². The maximum absolute atomic E-state index is 6.44. The lowest BCUT2D eigenvalue weighted by atomic mass is 9.91. The summed E-state index contributed by atoms with van der Waals surface area (Å²) in [4.78, 5) is 0. The van der Waals surface area contributed by atoms with Crippen molar-refractivity contribution in [1.29, 1.82) is 0 Å². The van der Waals surface area contributed by atoms with Crippen LogP contribution in [0.2, 0.25) is 0 Å². The zero-order valence-electron chi connectivity index (χ0n) is 28.5. The zero-order valence-corrected chi connectivity index (χ0v) is 28.5. The van der Waals surface area contributed by atoms with Crippen molar-refractivity contribution < 1.29 is 18.9 Å². The second-order valence-corrected chi connectivity index (χ2v) is 12.1. The summed E-state index contributed by atoms with van der Waals surface area (Å²) in [6, 6.07) is 21.3. The Hall–Kier alpha value is -4.08. The Bertz CT molecular complexity index is 1500. The highest BCUT2D eigenvalue weighted by Gasteiger charge is 2.20. The minimum absolute atomic E-state index is 0.405. The van der Waals surface area contributed by atoms with Gasteiger partial charge in [-0.2, -0.15) is 0 Å². The van der Waals surface area contributed by atoms with Crippen LogP contribution in [-0.2, 0) is 19.3 Å². The van der Waals surface area contributed by atoms with Crippen LogP contribution in [0.5, 0.6) is 23.0 Å². The van der Waals surface area contributed by atoms with E-state index in [0.29, 0.717) is 71.9 Å². The van der Waals surface area contributed by atoms with Gasteiger partial charge < -0.3 is 41.9 Å². The maximum Gasteiger partial charge on any atom is 0.126 e. The van der Waals surface area contributed by atoms with Crippen LogP contribution in [0, 0.1) is 27.7 Å². The van der Waals surface area contributed by atoms with Gasteiger partial charge in [-0.05, 0) is 73.2 Å². The minimum Gasteiger partial charge on any atom is -0.492 e. The molecule has 0 aromatic heterocycles. The van der Waals surface area contributed by atoms with E-state index in [4.69, 9.17) is 41.9 Å². The summed E-state index contributed by atoms with van der Waals surface area (Å²) in [7, 11) is 0. The van der Waals surface area contributed by atoms with Crippen molar-refractivity contribution in [3.63, 3.8) is 0 Å².